The van der Waals surface area contributed by atoms with Gasteiger partial charge in [-0.1, -0.05) is 84.9 Å². The van der Waals surface area contributed by atoms with E-state index in [4.69, 9.17) is 0 Å². The third kappa shape index (κ3) is 4.78. The molecule has 0 radical (unpaired) electrons. The molecule has 4 aromatic rings. The second kappa shape index (κ2) is 9.22. The minimum absolute atomic E-state index is 0.0994. The number of aliphatic carboxylic acids is 1. The number of aromatic nitrogens is 1. The van der Waals surface area contributed by atoms with E-state index in [2.05, 4.69) is 10.3 Å². The fourth-order valence-corrected chi connectivity index (χ4v) is 3.67. The van der Waals surface area contributed by atoms with Gasteiger partial charge >= 0.3 is 5.97 Å². The lowest BCUT2D eigenvalue weighted by molar-refractivity contribution is -0.141. The first kappa shape index (κ1) is 20.3. The summed E-state index contributed by atoms with van der Waals surface area (Å²) in [5.74, 6) is -2.05. The molecule has 0 spiro atoms. The van der Waals surface area contributed by atoms with Crippen LogP contribution in [0.3, 0.4) is 0 Å². The molecular weight excluding hydrogens is 388 g/mol. The number of hydrogen-bond acceptors (Lipinski definition) is 3. The fraction of sp³-hybridized carbons (Fsp3) is 0.115. The highest BCUT2D eigenvalue weighted by atomic mass is 16.4. The molecule has 3 aromatic carbocycles. The van der Waals surface area contributed by atoms with Gasteiger partial charge in [-0.3, -0.25) is 9.78 Å². The molecule has 1 heterocycles. The van der Waals surface area contributed by atoms with Crippen LogP contribution in [0.4, 0.5) is 0 Å². The van der Waals surface area contributed by atoms with E-state index in [0.29, 0.717) is 5.69 Å². The van der Waals surface area contributed by atoms with Crippen molar-refractivity contribution in [3.63, 3.8) is 0 Å². The van der Waals surface area contributed by atoms with E-state index in [0.717, 1.165) is 22.0 Å². The zero-order valence-corrected chi connectivity index (χ0v) is 16.8. The Morgan fingerprint density at radius 1 is 0.774 bits per heavy atom. The lowest BCUT2D eigenvalue weighted by atomic mass is 9.90. The van der Waals surface area contributed by atoms with Gasteiger partial charge in [0.25, 0.3) is 0 Å². The topological polar surface area (TPSA) is 79.3 Å². The minimum atomic E-state index is -1.09. The van der Waals surface area contributed by atoms with Gasteiger partial charge in [0.15, 0.2) is 0 Å². The molecular formula is C26H22N2O3. The standard InChI is InChI=1S/C26H22N2O3/c29-25(24(19-10-3-1-4-11-19)20-12-5-2-6-13-20)28-23(26(30)31)17-21-16-15-18-9-7-8-14-22(18)27-21/h1-16,23-24H,17H2,(H,28,29)(H,30,31)/t23-/m1/s1. The van der Waals surface area contributed by atoms with Crippen molar-refractivity contribution in [3.8, 4) is 0 Å². The first-order valence-electron chi connectivity index (χ1n) is 10.1. The van der Waals surface area contributed by atoms with Crippen LogP contribution < -0.4 is 5.32 Å². The average Bonchev–Trinajstić information content (AvgIpc) is 2.80. The summed E-state index contributed by atoms with van der Waals surface area (Å²) in [4.78, 5) is 29.8. The number of para-hydroxylation sites is 1. The van der Waals surface area contributed by atoms with Gasteiger partial charge in [0.05, 0.1) is 11.4 Å². The molecule has 0 saturated carbocycles. The number of nitrogens with zero attached hydrogens (tertiary/aromatic N) is 1. The molecule has 5 heteroatoms. The van der Waals surface area contributed by atoms with Crippen LogP contribution in [0, 0.1) is 0 Å². The summed E-state index contributed by atoms with van der Waals surface area (Å²) < 4.78 is 0. The molecule has 1 aromatic heterocycles. The zero-order valence-electron chi connectivity index (χ0n) is 16.8. The Bertz CT molecular complexity index is 1150. The number of carboxylic acid groups (broad SMARTS) is 1. The molecule has 1 atom stereocenters. The predicted molar refractivity (Wildman–Crippen MR) is 120 cm³/mol. The average molecular weight is 410 g/mol. The highest BCUT2D eigenvalue weighted by Gasteiger charge is 2.28. The molecule has 5 nitrogen and oxygen atoms in total. The number of benzene rings is 3. The zero-order chi connectivity index (χ0) is 21.6. The number of nitrogens with one attached hydrogen (secondary N) is 1. The number of carboxylic acids is 1. The van der Waals surface area contributed by atoms with E-state index in [9.17, 15) is 14.7 Å². The van der Waals surface area contributed by atoms with E-state index in [1.165, 1.54) is 0 Å². The van der Waals surface area contributed by atoms with Crippen LogP contribution in [-0.4, -0.2) is 28.0 Å². The van der Waals surface area contributed by atoms with Crippen molar-refractivity contribution in [2.24, 2.45) is 0 Å². The number of amides is 1. The summed E-state index contributed by atoms with van der Waals surface area (Å²) in [6, 6.07) is 29.0. The molecule has 1 amide bonds. The Labute approximate surface area is 180 Å². The van der Waals surface area contributed by atoms with Gasteiger partial charge in [-0.2, -0.15) is 0 Å². The summed E-state index contributed by atoms with van der Waals surface area (Å²) in [7, 11) is 0. The van der Waals surface area contributed by atoms with Gasteiger partial charge in [0.2, 0.25) is 5.91 Å². The summed E-state index contributed by atoms with van der Waals surface area (Å²) in [6.45, 7) is 0. The highest BCUT2D eigenvalue weighted by Crippen LogP contribution is 2.25. The van der Waals surface area contributed by atoms with Crippen molar-refractivity contribution in [3.05, 3.63) is 114 Å². The summed E-state index contributed by atoms with van der Waals surface area (Å²) in [5, 5.41) is 13.5. The maximum atomic E-state index is 13.3. The lowest BCUT2D eigenvalue weighted by Gasteiger charge is -2.21. The number of fused-ring (bicyclic) bond motifs is 1. The first-order chi connectivity index (χ1) is 15.1. The molecule has 0 unspecified atom stereocenters. The van der Waals surface area contributed by atoms with E-state index in [1.807, 2.05) is 91.0 Å². The third-order valence-corrected chi connectivity index (χ3v) is 5.21. The maximum Gasteiger partial charge on any atom is 0.326 e. The molecule has 0 saturated heterocycles. The molecule has 0 aliphatic rings. The fourth-order valence-electron chi connectivity index (χ4n) is 3.67. The van der Waals surface area contributed by atoms with E-state index < -0.39 is 17.9 Å². The smallest absolute Gasteiger partial charge is 0.326 e. The van der Waals surface area contributed by atoms with Crippen LogP contribution in [0.5, 0.6) is 0 Å². The maximum absolute atomic E-state index is 13.3. The molecule has 31 heavy (non-hydrogen) atoms. The quantitative estimate of drug-likeness (QED) is 0.479. The minimum Gasteiger partial charge on any atom is -0.480 e. The van der Waals surface area contributed by atoms with Crippen LogP contribution in [0.1, 0.15) is 22.7 Å². The Hall–Kier alpha value is -3.99. The van der Waals surface area contributed by atoms with Crippen LogP contribution in [0.25, 0.3) is 10.9 Å². The van der Waals surface area contributed by atoms with Crippen molar-refractivity contribution in [1.29, 1.82) is 0 Å². The first-order valence-corrected chi connectivity index (χ1v) is 10.1. The van der Waals surface area contributed by atoms with Gasteiger partial charge in [-0.25, -0.2) is 4.79 Å². The number of pyridine rings is 1. The van der Waals surface area contributed by atoms with E-state index in [1.54, 1.807) is 6.07 Å². The predicted octanol–water partition coefficient (Wildman–Crippen LogP) is 4.18. The second-order valence-electron chi connectivity index (χ2n) is 7.35. The third-order valence-electron chi connectivity index (χ3n) is 5.21. The molecule has 0 aliphatic heterocycles. The molecule has 154 valence electrons. The van der Waals surface area contributed by atoms with Gasteiger partial charge in [-0.05, 0) is 23.3 Å². The molecule has 0 fully saturated rings. The van der Waals surface area contributed by atoms with Crippen molar-refractivity contribution in [2.45, 2.75) is 18.4 Å². The molecule has 2 N–H and O–H groups in total. The van der Waals surface area contributed by atoms with Crippen LogP contribution >= 0.6 is 0 Å². The monoisotopic (exact) mass is 410 g/mol. The van der Waals surface area contributed by atoms with Gasteiger partial charge in [0, 0.05) is 17.5 Å². The van der Waals surface area contributed by atoms with Crippen molar-refractivity contribution in [1.82, 2.24) is 10.3 Å². The molecule has 0 aliphatic carbocycles. The van der Waals surface area contributed by atoms with Gasteiger partial charge < -0.3 is 10.4 Å². The Balaban J connectivity index is 1.59. The number of rotatable bonds is 7. The largest absolute Gasteiger partial charge is 0.480 e. The lowest BCUT2D eigenvalue weighted by Crippen LogP contribution is -2.44. The molecule has 4 rings (SSSR count). The normalized spacial score (nSPS) is 11.9. The highest BCUT2D eigenvalue weighted by molar-refractivity contribution is 5.90. The number of hydrogen-bond donors (Lipinski definition) is 2. The summed E-state index contributed by atoms with van der Waals surface area (Å²) in [5.41, 5.74) is 3.02. The van der Waals surface area contributed by atoms with Crippen molar-refractivity contribution < 1.29 is 14.7 Å². The summed E-state index contributed by atoms with van der Waals surface area (Å²) >= 11 is 0. The van der Waals surface area contributed by atoms with Crippen molar-refractivity contribution in [2.75, 3.05) is 0 Å². The number of carbonyl (C=O) groups excluding carboxylic acids is 1. The molecule has 0 bridgehead atoms. The van der Waals surface area contributed by atoms with E-state index in [-0.39, 0.29) is 12.3 Å². The van der Waals surface area contributed by atoms with E-state index >= 15 is 0 Å². The van der Waals surface area contributed by atoms with Crippen LogP contribution in [-0.2, 0) is 16.0 Å². The summed E-state index contributed by atoms with van der Waals surface area (Å²) in [6.07, 6.45) is 0.0994. The second-order valence-corrected chi connectivity index (χ2v) is 7.35. The van der Waals surface area contributed by atoms with Crippen LogP contribution in [0.15, 0.2) is 97.1 Å². The Kier molecular flexibility index (Phi) is 6.03. The van der Waals surface area contributed by atoms with Gasteiger partial charge in [0.1, 0.15) is 6.04 Å². The van der Waals surface area contributed by atoms with Gasteiger partial charge in [-0.15, -0.1) is 0 Å². The Morgan fingerprint density at radius 2 is 1.35 bits per heavy atom. The van der Waals surface area contributed by atoms with Crippen molar-refractivity contribution >= 4 is 22.8 Å². The van der Waals surface area contributed by atoms with Crippen LogP contribution in [0.2, 0.25) is 0 Å². The Morgan fingerprint density at radius 3 is 1.97 bits per heavy atom. The number of carbonyl (C=O) groups is 2. The SMILES string of the molecule is O=C(N[C@H](Cc1ccc2ccccc2n1)C(=O)O)C(c1ccccc1)c1ccccc1.